The summed E-state index contributed by atoms with van der Waals surface area (Å²) in [6.45, 7) is 9.56. The summed E-state index contributed by atoms with van der Waals surface area (Å²) in [5, 5.41) is 52.9. The molecule has 5 aromatic carbocycles. The lowest BCUT2D eigenvalue weighted by atomic mass is 9.83. The Balaban J connectivity index is 0.000000184. The summed E-state index contributed by atoms with van der Waals surface area (Å²) in [4.78, 5) is 4.48. The number of benzene rings is 5. The molecule has 0 bridgehead atoms. The Labute approximate surface area is 356 Å². The summed E-state index contributed by atoms with van der Waals surface area (Å²) in [6.07, 6.45) is 3.99. The Kier molecular flexibility index (Phi) is 16.3. The van der Waals surface area contributed by atoms with E-state index in [0.29, 0.717) is 32.3 Å². The summed E-state index contributed by atoms with van der Waals surface area (Å²) in [6, 6.07) is 44.1. The lowest BCUT2D eigenvalue weighted by molar-refractivity contribution is -0.0503. The zero-order valence-corrected chi connectivity index (χ0v) is 35.2. The van der Waals surface area contributed by atoms with Crippen LogP contribution in [0, 0.1) is 0 Å². The number of nitrogens with zero attached hydrogens (tertiary/aromatic N) is 2. The lowest BCUT2D eigenvalue weighted by Gasteiger charge is -2.42. The van der Waals surface area contributed by atoms with Gasteiger partial charge in [-0.1, -0.05) is 115 Å². The first-order chi connectivity index (χ1) is 29.0. The summed E-state index contributed by atoms with van der Waals surface area (Å²) in [5.41, 5.74) is 3.19. The van der Waals surface area contributed by atoms with Gasteiger partial charge in [0.15, 0.2) is 0 Å². The van der Waals surface area contributed by atoms with E-state index >= 15 is 0 Å². The minimum atomic E-state index is -0.778. The van der Waals surface area contributed by atoms with E-state index in [9.17, 15) is 25.5 Å². The first-order valence-electron chi connectivity index (χ1n) is 21.6. The molecule has 3 aliphatic heterocycles. The largest absolute Gasteiger partial charge is 0.508 e. The summed E-state index contributed by atoms with van der Waals surface area (Å²) in [5.74, 6) is 0.989. The van der Waals surface area contributed by atoms with Crippen LogP contribution in [-0.4, -0.2) is 86.8 Å². The van der Waals surface area contributed by atoms with Crippen LogP contribution >= 0.6 is 0 Å². The highest BCUT2D eigenvalue weighted by Gasteiger charge is 2.38. The van der Waals surface area contributed by atoms with E-state index in [1.807, 2.05) is 122 Å². The molecule has 0 saturated carbocycles. The summed E-state index contributed by atoms with van der Waals surface area (Å²) < 4.78 is 10.8. The van der Waals surface area contributed by atoms with Gasteiger partial charge in [0, 0.05) is 51.5 Å². The van der Waals surface area contributed by atoms with Crippen LogP contribution in [0.25, 0.3) is 0 Å². The van der Waals surface area contributed by atoms with Crippen LogP contribution in [0.4, 0.5) is 0 Å². The van der Waals surface area contributed by atoms with Crippen molar-refractivity contribution < 1.29 is 35.0 Å². The summed E-state index contributed by atoms with van der Waals surface area (Å²) in [7, 11) is 0. The van der Waals surface area contributed by atoms with Gasteiger partial charge in [0.1, 0.15) is 18.1 Å². The second-order valence-corrected chi connectivity index (χ2v) is 16.5. The maximum absolute atomic E-state index is 11.1. The Morgan fingerprint density at radius 3 is 1.32 bits per heavy atom. The highest BCUT2D eigenvalue weighted by atomic mass is 16.5. The zero-order chi connectivity index (χ0) is 42.4. The molecule has 5 N–H and O–H groups in total. The Bertz CT molecular complexity index is 1940. The van der Waals surface area contributed by atoms with Crippen LogP contribution in [0.3, 0.4) is 0 Å². The Hall–Kier alpha value is -4.58. The fourth-order valence-corrected chi connectivity index (χ4v) is 8.32. The third-order valence-corrected chi connectivity index (χ3v) is 12.5. The van der Waals surface area contributed by atoms with Crippen LogP contribution in [0.15, 0.2) is 140 Å². The molecule has 8 rings (SSSR count). The van der Waals surface area contributed by atoms with Crippen molar-refractivity contribution in [3.8, 4) is 11.5 Å². The highest BCUT2D eigenvalue weighted by Crippen LogP contribution is 2.36. The van der Waals surface area contributed by atoms with Crippen LogP contribution in [-0.2, 0) is 22.5 Å². The van der Waals surface area contributed by atoms with E-state index < -0.39 is 23.4 Å². The molecule has 60 heavy (non-hydrogen) atoms. The van der Waals surface area contributed by atoms with E-state index in [1.54, 1.807) is 24.3 Å². The quantitative estimate of drug-likeness (QED) is 0.0896. The number of aliphatic hydroxyl groups excluding tert-OH is 2. The predicted octanol–water partition coefficient (Wildman–Crippen LogP) is 8.27. The van der Waals surface area contributed by atoms with Crippen LogP contribution in [0.1, 0.15) is 92.4 Å². The molecule has 0 aliphatic carbocycles. The third-order valence-electron chi connectivity index (χ3n) is 12.5. The molecule has 4 atom stereocenters. The average molecular weight is 817 g/mol. The maximum Gasteiger partial charge on any atom is 0.119 e. The number of piperidine rings is 2. The van der Waals surface area contributed by atoms with Gasteiger partial charge >= 0.3 is 0 Å². The van der Waals surface area contributed by atoms with Gasteiger partial charge in [-0.3, -0.25) is 9.80 Å². The number of hydrogen-bond donors (Lipinski definition) is 5. The van der Waals surface area contributed by atoms with Crippen molar-refractivity contribution >= 4 is 0 Å². The summed E-state index contributed by atoms with van der Waals surface area (Å²) >= 11 is 0. The molecule has 5 aromatic rings. The number of phenols is 1. The Morgan fingerprint density at radius 1 is 0.550 bits per heavy atom. The predicted molar refractivity (Wildman–Crippen MR) is 237 cm³/mol. The molecule has 0 amide bonds. The standard InChI is InChI=1S/C27H31NO3.C20H25NO3.C4H8O/c1-21(28-18-16-27(30,17-19-28)24-10-6-3-7-11-24)26(29)23-12-14-25(15-13-23)31-20-22-8-4-2-5-9-22;1-15(19(23)16-7-9-18(22)10-8-16)21-13-11-20(24,12-14-21)17-5-3-2-4-6-17;1-2-4-5-3-1/h2-15,21,26,29-30H,16-20H2,1H3;2-10,15,19,22-24H,11-14H2,1H3;1-4H2/t21-,26+;15-,19+;/m00./s1. The van der Waals surface area contributed by atoms with Crippen molar-refractivity contribution in [1.29, 1.82) is 0 Å². The fourth-order valence-electron chi connectivity index (χ4n) is 8.32. The smallest absolute Gasteiger partial charge is 0.119 e. The van der Waals surface area contributed by atoms with E-state index in [2.05, 4.69) is 16.7 Å². The number of ether oxygens (including phenoxy) is 2. The molecule has 9 heteroatoms. The van der Waals surface area contributed by atoms with Crippen LogP contribution in [0.5, 0.6) is 11.5 Å². The van der Waals surface area contributed by atoms with Gasteiger partial charge in [-0.2, -0.15) is 0 Å². The molecule has 320 valence electrons. The lowest BCUT2D eigenvalue weighted by Crippen LogP contribution is -2.47. The second-order valence-electron chi connectivity index (χ2n) is 16.5. The van der Waals surface area contributed by atoms with Crippen molar-refractivity contribution in [2.45, 2.75) is 94.5 Å². The van der Waals surface area contributed by atoms with Crippen molar-refractivity contribution in [3.05, 3.63) is 167 Å². The molecule has 0 radical (unpaired) electrons. The van der Waals surface area contributed by atoms with E-state index in [1.165, 1.54) is 12.8 Å². The fraction of sp³-hybridized carbons (Fsp3) is 0.412. The maximum atomic E-state index is 11.1. The van der Waals surface area contributed by atoms with Crippen molar-refractivity contribution in [3.63, 3.8) is 0 Å². The minimum absolute atomic E-state index is 0.0311. The first-order valence-corrected chi connectivity index (χ1v) is 21.6. The topological polar surface area (TPSA) is 126 Å². The number of phenolic OH excluding ortho intramolecular Hbond substituents is 1. The first kappa shape index (κ1) is 45.0. The van der Waals surface area contributed by atoms with Gasteiger partial charge in [0.05, 0.1) is 23.4 Å². The molecule has 3 saturated heterocycles. The molecule has 3 fully saturated rings. The number of aromatic hydroxyl groups is 1. The van der Waals surface area contributed by atoms with E-state index in [0.717, 1.165) is 73.0 Å². The number of hydrogen-bond acceptors (Lipinski definition) is 9. The van der Waals surface area contributed by atoms with Crippen molar-refractivity contribution in [1.82, 2.24) is 9.80 Å². The molecule has 0 unspecified atom stereocenters. The molecular formula is C51H64N2O7. The van der Waals surface area contributed by atoms with Crippen molar-refractivity contribution in [2.24, 2.45) is 0 Å². The minimum Gasteiger partial charge on any atom is -0.508 e. The van der Waals surface area contributed by atoms with Gasteiger partial charge in [-0.05, 0) is 104 Å². The number of rotatable bonds is 11. The van der Waals surface area contributed by atoms with E-state index in [-0.39, 0.29) is 17.8 Å². The zero-order valence-electron chi connectivity index (χ0n) is 35.2. The monoisotopic (exact) mass is 816 g/mol. The van der Waals surface area contributed by atoms with Gasteiger partial charge in [0.2, 0.25) is 0 Å². The highest BCUT2D eigenvalue weighted by molar-refractivity contribution is 5.31. The van der Waals surface area contributed by atoms with Gasteiger partial charge < -0.3 is 35.0 Å². The Morgan fingerprint density at radius 2 is 0.933 bits per heavy atom. The molecule has 9 nitrogen and oxygen atoms in total. The average Bonchev–Trinajstić information content (AvgIpc) is 3.91. The molecule has 0 spiro atoms. The SMILES string of the molecule is C1CCOC1.C[C@@H]([C@@H](O)c1ccc(O)cc1)N1CCC(O)(c2ccccc2)CC1.C[C@@H]([C@@H](O)c1ccc(OCc2ccccc2)cc1)N1CCC(O)(c2ccccc2)CC1. The number of aliphatic hydroxyl groups is 4. The molecule has 3 heterocycles. The molecule has 0 aromatic heterocycles. The van der Waals surface area contributed by atoms with E-state index in [4.69, 9.17) is 9.47 Å². The van der Waals surface area contributed by atoms with Gasteiger partial charge in [-0.15, -0.1) is 0 Å². The van der Waals surface area contributed by atoms with Gasteiger partial charge in [0.25, 0.3) is 0 Å². The third kappa shape index (κ3) is 12.3. The molecule has 3 aliphatic rings. The van der Waals surface area contributed by atoms with Crippen LogP contribution in [0.2, 0.25) is 0 Å². The molecular weight excluding hydrogens is 753 g/mol. The second kappa shape index (κ2) is 21.8. The normalized spacial score (nSPS) is 19.6. The number of likely N-dealkylation sites (tertiary alicyclic amines) is 2. The van der Waals surface area contributed by atoms with Crippen LogP contribution < -0.4 is 4.74 Å². The van der Waals surface area contributed by atoms with Crippen molar-refractivity contribution in [2.75, 3.05) is 39.4 Å². The van der Waals surface area contributed by atoms with Gasteiger partial charge in [-0.25, -0.2) is 0 Å².